The van der Waals surface area contributed by atoms with Crippen LogP contribution in [-0.2, 0) is 11.3 Å². The molecule has 0 bridgehead atoms. The van der Waals surface area contributed by atoms with Crippen LogP contribution in [0.1, 0.15) is 15.9 Å². The number of nitrogens with one attached hydrogen (secondary N) is 1. The molecule has 0 aliphatic heterocycles. The molecule has 6 heteroatoms. The zero-order valence-electron chi connectivity index (χ0n) is 10.3. The van der Waals surface area contributed by atoms with Crippen molar-refractivity contribution in [1.29, 1.82) is 0 Å². The topological polar surface area (TPSA) is 103 Å². The van der Waals surface area contributed by atoms with Crippen LogP contribution in [0.3, 0.4) is 0 Å². The highest BCUT2D eigenvalue weighted by atomic mass is 16.5. The van der Waals surface area contributed by atoms with Crippen LogP contribution in [0.5, 0.6) is 0 Å². The summed E-state index contributed by atoms with van der Waals surface area (Å²) >= 11 is 0. The normalized spacial score (nSPS) is 11.3. The molecule has 0 saturated heterocycles. The molecule has 1 aromatic carbocycles. The third-order valence-corrected chi connectivity index (χ3v) is 2.28. The molecule has 6 nitrogen and oxygen atoms in total. The summed E-state index contributed by atoms with van der Waals surface area (Å²) in [5.74, 6) is -0.0724. The number of rotatable bonds is 6. The first-order chi connectivity index (χ1) is 8.63. The minimum Gasteiger partial charge on any atom is -0.383 e. The maximum atomic E-state index is 10.9. The van der Waals surface area contributed by atoms with Crippen LogP contribution < -0.4 is 16.8 Å². The minimum absolute atomic E-state index is 0.367. The zero-order valence-corrected chi connectivity index (χ0v) is 10.3. The number of amides is 1. The van der Waals surface area contributed by atoms with E-state index < -0.39 is 5.91 Å². The lowest BCUT2D eigenvalue weighted by molar-refractivity contribution is 0.100. The zero-order chi connectivity index (χ0) is 13.4. The van der Waals surface area contributed by atoms with Crippen molar-refractivity contribution < 1.29 is 9.53 Å². The van der Waals surface area contributed by atoms with Gasteiger partial charge in [0, 0.05) is 19.2 Å². The Morgan fingerprint density at radius 1 is 1.33 bits per heavy atom. The largest absolute Gasteiger partial charge is 0.383 e. The number of carbonyl (C=O) groups excluding carboxylic acids is 1. The fourth-order valence-corrected chi connectivity index (χ4v) is 1.29. The maximum absolute atomic E-state index is 10.9. The van der Waals surface area contributed by atoms with Gasteiger partial charge in [0.15, 0.2) is 5.96 Å². The summed E-state index contributed by atoms with van der Waals surface area (Å²) in [4.78, 5) is 15.0. The minimum atomic E-state index is -0.439. The van der Waals surface area contributed by atoms with E-state index in [0.29, 0.717) is 31.2 Å². The summed E-state index contributed by atoms with van der Waals surface area (Å²) in [5, 5.41) is 2.91. The van der Waals surface area contributed by atoms with Gasteiger partial charge in [-0.25, -0.2) is 4.99 Å². The number of nitrogens with zero attached hydrogens (tertiary/aromatic N) is 1. The highest BCUT2D eigenvalue weighted by Crippen LogP contribution is 2.04. The van der Waals surface area contributed by atoms with E-state index in [1.807, 2.05) is 0 Å². The molecule has 0 unspecified atom stereocenters. The van der Waals surface area contributed by atoms with Crippen molar-refractivity contribution in [3.05, 3.63) is 35.4 Å². The molecule has 5 N–H and O–H groups in total. The smallest absolute Gasteiger partial charge is 0.248 e. The number of aliphatic imine (C=N–C) groups is 1. The molecule has 1 rings (SSSR count). The summed E-state index contributed by atoms with van der Waals surface area (Å²) in [7, 11) is 1.62. The fourth-order valence-electron chi connectivity index (χ4n) is 1.29. The number of ether oxygens (including phenoxy) is 1. The molecule has 0 aliphatic rings. The SMILES string of the molecule is COCCNC(N)=NCc1ccc(C(N)=O)cc1. The van der Waals surface area contributed by atoms with E-state index in [9.17, 15) is 4.79 Å². The monoisotopic (exact) mass is 250 g/mol. The van der Waals surface area contributed by atoms with E-state index in [-0.39, 0.29) is 0 Å². The molecule has 98 valence electrons. The van der Waals surface area contributed by atoms with Crippen molar-refractivity contribution in [2.75, 3.05) is 20.3 Å². The first-order valence-corrected chi connectivity index (χ1v) is 5.55. The molecule has 0 saturated carbocycles. The average molecular weight is 250 g/mol. The molecule has 18 heavy (non-hydrogen) atoms. The molecule has 0 aromatic heterocycles. The standard InChI is InChI=1S/C12H18N4O2/c1-18-7-6-15-12(14)16-8-9-2-4-10(5-3-9)11(13)17/h2-5H,6-8H2,1H3,(H2,13,17)(H3,14,15,16). The van der Waals surface area contributed by atoms with E-state index in [1.54, 1.807) is 31.4 Å². The summed E-state index contributed by atoms with van der Waals surface area (Å²) in [6.45, 7) is 1.64. The van der Waals surface area contributed by atoms with Gasteiger partial charge in [0.1, 0.15) is 0 Å². The molecule has 0 radical (unpaired) electrons. The van der Waals surface area contributed by atoms with Gasteiger partial charge < -0.3 is 21.5 Å². The molecule has 0 atom stereocenters. The number of primary amides is 1. The second-order valence-corrected chi connectivity index (χ2v) is 3.68. The lowest BCUT2D eigenvalue weighted by atomic mass is 10.1. The van der Waals surface area contributed by atoms with Crippen LogP contribution >= 0.6 is 0 Å². The van der Waals surface area contributed by atoms with Crippen molar-refractivity contribution >= 4 is 11.9 Å². The molecular weight excluding hydrogens is 232 g/mol. The van der Waals surface area contributed by atoms with Gasteiger partial charge in [0.05, 0.1) is 13.2 Å². The first-order valence-electron chi connectivity index (χ1n) is 5.55. The summed E-state index contributed by atoms with van der Waals surface area (Å²) < 4.78 is 4.87. The highest BCUT2D eigenvalue weighted by Gasteiger charge is 1.99. The highest BCUT2D eigenvalue weighted by molar-refractivity contribution is 5.92. The van der Waals surface area contributed by atoms with Crippen LogP contribution in [-0.4, -0.2) is 32.1 Å². The molecule has 0 aliphatic carbocycles. The lowest BCUT2D eigenvalue weighted by Crippen LogP contribution is -2.34. The number of hydrogen-bond donors (Lipinski definition) is 3. The Hall–Kier alpha value is -2.08. The van der Waals surface area contributed by atoms with Gasteiger partial charge in [-0.3, -0.25) is 4.79 Å². The number of hydrogen-bond acceptors (Lipinski definition) is 3. The molecule has 1 amide bonds. The van der Waals surface area contributed by atoms with Gasteiger partial charge in [-0.2, -0.15) is 0 Å². The first kappa shape index (κ1) is 14.0. The van der Waals surface area contributed by atoms with Gasteiger partial charge in [0.2, 0.25) is 5.91 Å². The molecule has 0 fully saturated rings. The molecule has 0 spiro atoms. The van der Waals surface area contributed by atoms with Crippen LogP contribution in [0.4, 0.5) is 0 Å². The van der Waals surface area contributed by atoms with Gasteiger partial charge in [-0.1, -0.05) is 12.1 Å². The quantitative estimate of drug-likeness (QED) is 0.370. The van der Waals surface area contributed by atoms with Crippen molar-refractivity contribution in [2.24, 2.45) is 16.5 Å². The predicted octanol–water partition coefficient (Wildman–Crippen LogP) is -0.164. The Morgan fingerprint density at radius 3 is 2.56 bits per heavy atom. The van der Waals surface area contributed by atoms with Gasteiger partial charge in [-0.15, -0.1) is 0 Å². The van der Waals surface area contributed by atoms with E-state index in [2.05, 4.69) is 10.3 Å². The van der Waals surface area contributed by atoms with Crippen LogP contribution in [0.2, 0.25) is 0 Å². The van der Waals surface area contributed by atoms with Crippen molar-refractivity contribution in [1.82, 2.24) is 5.32 Å². The summed E-state index contributed by atoms with van der Waals surface area (Å²) in [6, 6.07) is 6.93. The Kier molecular flexibility index (Phi) is 5.66. The average Bonchev–Trinajstić information content (AvgIpc) is 2.37. The van der Waals surface area contributed by atoms with Crippen molar-refractivity contribution in [3.8, 4) is 0 Å². The lowest BCUT2D eigenvalue weighted by Gasteiger charge is -2.04. The number of carbonyl (C=O) groups is 1. The molecule has 0 heterocycles. The van der Waals surface area contributed by atoms with Gasteiger partial charge in [-0.05, 0) is 17.7 Å². The predicted molar refractivity (Wildman–Crippen MR) is 70.2 cm³/mol. The third-order valence-electron chi connectivity index (χ3n) is 2.28. The Morgan fingerprint density at radius 2 is 2.00 bits per heavy atom. The van der Waals surface area contributed by atoms with E-state index in [1.165, 1.54) is 0 Å². The van der Waals surface area contributed by atoms with E-state index in [4.69, 9.17) is 16.2 Å². The summed E-state index contributed by atoms with van der Waals surface area (Å²) in [6.07, 6.45) is 0. The number of guanidine groups is 1. The number of benzene rings is 1. The Bertz CT molecular complexity index is 415. The number of methoxy groups -OCH3 is 1. The number of nitrogens with two attached hydrogens (primary N) is 2. The third kappa shape index (κ3) is 4.84. The Balaban J connectivity index is 2.47. The van der Waals surface area contributed by atoms with Gasteiger partial charge >= 0.3 is 0 Å². The van der Waals surface area contributed by atoms with Crippen LogP contribution in [0, 0.1) is 0 Å². The Labute approximate surface area is 106 Å². The fraction of sp³-hybridized carbons (Fsp3) is 0.333. The summed E-state index contributed by atoms with van der Waals surface area (Å²) in [5.41, 5.74) is 12.2. The molecular formula is C12H18N4O2. The second-order valence-electron chi connectivity index (χ2n) is 3.68. The van der Waals surface area contributed by atoms with E-state index in [0.717, 1.165) is 5.56 Å². The molecule has 1 aromatic rings. The van der Waals surface area contributed by atoms with Crippen molar-refractivity contribution in [3.63, 3.8) is 0 Å². The van der Waals surface area contributed by atoms with Crippen LogP contribution in [0.15, 0.2) is 29.3 Å². The maximum Gasteiger partial charge on any atom is 0.248 e. The van der Waals surface area contributed by atoms with Crippen molar-refractivity contribution in [2.45, 2.75) is 6.54 Å². The second kappa shape index (κ2) is 7.29. The van der Waals surface area contributed by atoms with Crippen LogP contribution in [0.25, 0.3) is 0 Å². The van der Waals surface area contributed by atoms with Gasteiger partial charge in [0.25, 0.3) is 0 Å². The van der Waals surface area contributed by atoms with E-state index >= 15 is 0 Å².